The van der Waals surface area contributed by atoms with E-state index in [9.17, 15) is 4.79 Å². The molecule has 1 aromatic carbocycles. The number of nitrogens with zero attached hydrogens (tertiary/aromatic N) is 1. The first-order valence-corrected chi connectivity index (χ1v) is 6.19. The van der Waals surface area contributed by atoms with Crippen molar-refractivity contribution in [3.8, 4) is 0 Å². The molecule has 1 aromatic rings. The lowest BCUT2D eigenvalue weighted by molar-refractivity contribution is -0.128. The molecule has 0 atom stereocenters. The quantitative estimate of drug-likeness (QED) is 0.853. The van der Waals surface area contributed by atoms with Gasteiger partial charge in [-0.2, -0.15) is 0 Å². The zero-order chi connectivity index (χ0) is 12.3. The Morgan fingerprint density at radius 1 is 1.41 bits per heavy atom. The highest BCUT2D eigenvalue weighted by Gasteiger charge is 2.13. The van der Waals surface area contributed by atoms with E-state index in [0.717, 1.165) is 25.9 Å². The van der Waals surface area contributed by atoms with Crippen LogP contribution >= 0.6 is 0 Å². The fourth-order valence-corrected chi connectivity index (χ4v) is 2.28. The molecule has 92 valence electrons. The predicted octanol–water partition coefficient (Wildman–Crippen LogP) is 1.35. The molecule has 17 heavy (non-hydrogen) atoms. The molecule has 1 aliphatic rings. The third kappa shape index (κ3) is 2.86. The second-order valence-electron chi connectivity index (χ2n) is 4.77. The van der Waals surface area contributed by atoms with Crippen molar-refractivity contribution in [1.82, 2.24) is 10.2 Å². The second kappa shape index (κ2) is 5.32. The van der Waals surface area contributed by atoms with Crippen molar-refractivity contribution in [3.63, 3.8) is 0 Å². The Morgan fingerprint density at radius 2 is 2.24 bits per heavy atom. The number of rotatable bonds is 3. The zero-order valence-electron chi connectivity index (χ0n) is 10.6. The van der Waals surface area contributed by atoms with Gasteiger partial charge in [-0.25, -0.2) is 0 Å². The van der Waals surface area contributed by atoms with E-state index < -0.39 is 0 Å². The number of carbonyl (C=O) groups is 1. The number of nitrogens with one attached hydrogen (secondary N) is 1. The Morgan fingerprint density at radius 3 is 3.00 bits per heavy atom. The van der Waals surface area contributed by atoms with Gasteiger partial charge < -0.3 is 10.2 Å². The van der Waals surface area contributed by atoms with Crippen LogP contribution in [-0.4, -0.2) is 31.4 Å². The number of hydrogen-bond donors (Lipinski definition) is 1. The van der Waals surface area contributed by atoms with Gasteiger partial charge in [0.05, 0.1) is 0 Å². The van der Waals surface area contributed by atoms with Crippen LogP contribution in [0.4, 0.5) is 0 Å². The minimum Gasteiger partial charge on any atom is -0.349 e. The number of amides is 1. The zero-order valence-corrected chi connectivity index (χ0v) is 10.6. The molecule has 0 radical (unpaired) electrons. The summed E-state index contributed by atoms with van der Waals surface area (Å²) in [6.07, 6.45) is 2.55. The van der Waals surface area contributed by atoms with Gasteiger partial charge in [-0.05, 0) is 36.1 Å². The van der Waals surface area contributed by atoms with E-state index in [4.69, 9.17) is 0 Å². The molecule has 1 heterocycles. The highest BCUT2D eigenvalue weighted by atomic mass is 16.2. The molecular weight excluding hydrogens is 212 g/mol. The maximum atomic E-state index is 11.6. The van der Waals surface area contributed by atoms with E-state index in [1.165, 1.54) is 16.7 Å². The molecule has 2 rings (SSSR count). The molecule has 1 amide bonds. The topological polar surface area (TPSA) is 32.3 Å². The Kier molecular flexibility index (Phi) is 3.79. The van der Waals surface area contributed by atoms with Crippen molar-refractivity contribution in [2.45, 2.75) is 25.8 Å². The predicted molar refractivity (Wildman–Crippen MR) is 68.9 cm³/mol. The summed E-state index contributed by atoms with van der Waals surface area (Å²) in [4.78, 5) is 13.3. The number of hydrogen-bond acceptors (Lipinski definition) is 2. The lowest BCUT2D eigenvalue weighted by Crippen LogP contribution is -2.25. The van der Waals surface area contributed by atoms with Gasteiger partial charge in [-0.3, -0.25) is 4.79 Å². The van der Waals surface area contributed by atoms with Gasteiger partial charge >= 0.3 is 0 Å². The number of fused-ring (bicyclic) bond motifs is 1. The van der Waals surface area contributed by atoms with Gasteiger partial charge in [-0.1, -0.05) is 18.2 Å². The molecule has 3 nitrogen and oxygen atoms in total. The van der Waals surface area contributed by atoms with Crippen LogP contribution in [0.15, 0.2) is 18.2 Å². The smallest absolute Gasteiger partial charge is 0.222 e. The van der Waals surface area contributed by atoms with Gasteiger partial charge in [0.15, 0.2) is 0 Å². The second-order valence-corrected chi connectivity index (χ2v) is 4.77. The van der Waals surface area contributed by atoms with E-state index >= 15 is 0 Å². The highest BCUT2D eigenvalue weighted by Crippen LogP contribution is 2.19. The van der Waals surface area contributed by atoms with Crippen LogP contribution in [0.1, 0.15) is 23.1 Å². The van der Waals surface area contributed by atoms with Crippen molar-refractivity contribution in [2.75, 3.05) is 20.6 Å². The SMILES string of the molecule is CN(C)C(=O)CCc1cccc2c1CNCC2. The van der Waals surface area contributed by atoms with Crippen molar-refractivity contribution >= 4 is 5.91 Å². The first-order chi connectivity index (χ1) is 8.18. The van der Waals surface area contributed by atoms with Gasteiger partial charge in [-0.15, -0.1) is 0 Å². The van der Waals surface area contributed by atoms with Crippen molar-refractivity contribution < 1.29 is 4.79 Å². The fraction of sp³-hybridized carbons (Fsp3) is 0.500. The maximum absolute atomic E-state index is 11.6. The Labute approximate surface area is 103 Å². The normalized spacial score (nSPS) is 14.2. The monoisotopic (exact) mass is 232 g/mol. The number of carbonyl (C=O) groups excluding carboxylic acids is 1. The molecule has 1 N–H and O–H groups in total. The van der Waals surface area contributed by atoms with E-state index in [-0.39, 0.29) is 5.91 Å². The molecule has 1 aliphatic heterocycles. The molecule has 0 saturated carbocycles. The summed E-state index contributed by atoms with van der Waals surface area (Å²) < 4.78 is 0. The molecule has 0 spiro atoms. The summed E-state index contributed by atoms with van der Waals surface area (Å²) in [6, 6.07) is 6.46. The molecule has 0 bridgehead atoms. The van der Waals surface area contributed by atoms with Crippen LogP contribution in [0.5, 0.6) is 0 Å². The minimum absolute atomic E-state index is 0.200. The highest BCUT2D eigenvalue weighted by molar-refractivity contribution is 5.75. The molecule has 0 aliphatic carbocycles. The summed E-state index contributed by atoms with van der Waals surface area (Å²) in [6.45, 7) is 2.01. The summed E-state index contributed by atoms with van der Waals surface area (Å²) >= 11 is 0. The van der Waals surface area contributed by atoms with E-state index in [0.29, 0.717) is 6.42 Å². The molecule has 0 fully saturated rings. The Bertz CT molecular complexity index is 413. The largest absolute Gasteiger partial charge is 0.349 e. The fourth-order valence-electron chi connectivity index (χ4n) is 2.28. The van der Waals surface area contributed by atoms with Gasteiger partial charge in [0.2, 0.25) is 5.91 Å². The molecular formula is C14H20N2O. The standard InChI is InChI=1S/C14H20N2O/c1-16(2)14(17)7-6-11-4-3-5-12-8-9-15-10-13(11)12/h3-5,15H,6-10H2,1-2H3. The third-order valence-electron chi connectivity index (χ3n) is 3.35. The van der Waals surface area contributed by atoms with Crippen LogP contribution in [0.25, 0.3) is 0 Å². The van der Waals surface area contributed by atoms with Crippen LogP contribution in [0.3, 0.4) is 0 Å². The van der Waals surface area contributed by atoms with Crippen molar-refractivity contribution in [1.29, 1.82) is 0 Å². The average molecular weight is 232 g/mol. The van der Waals surface area contributed by atoms with Crippen molar-refractivity contribution in [3.05, 3.63) is 34.9 Å². The van der Waals surface area contributed by atoms with Gasteiger partial charge in [0.25, 0.3) is 0 Å². The van der Waals surface area contributed by atoms with Crippen LogP contribution in [0.2, 0.25) is 0 Å². The minimum atomic E-state index is 0.200. The van der Waals surface area contributed by atoms with Crippen LogP contribution in [-0.2, 0) is 24.2 Å². The average Bonchev–Trinajstić information content (AvgIpc) is 2.35. The summed E-state index contributed by atoms with van der Waals surface area (Å²) in [7, 11) is 3.62. The first-order valence-electron chi connectivity index (χ1n) is 6.19. The maximum Gasteiger partial charge on any atom is 0.222 e. The third-order valence-corrected chi connectivity index (χ3v) is 3.35. The van der Waals surface area contributed by atoms with E-state index in [1.807, 2.05) is 14.1 Å². The Balaban J connectivity index is 2.08. The van der Waals surface area contributed by atoms with Gasteiger partial charge in [0.1, 0.15) is 0 Å². The van der Waals surface area contributed by atoms with Crippen molar-refractivity contribution in [2.24, 2.45) is 0 Å². The summed E-state index contributed by atoms with van der Waals surface area (Å²) in [5.41, 5.74) is 4.17. The molecule has 0 saturated heterocycles. The number of benzene rings is 1. The lowest BCUT2D eigenvalue weighted by atomic mass is 9.93. The van der Waals surface area contributed by atoms with Crippen LogP contribution in [0, 0.1) is 0 Å². The van der Waals surface area contributed by atoms with Crippen LogP contribution < -0.4 is 5.32 Å². The summed E-state index contributed by atoms with van der Waals surface area (Å²) in [5, 5.41) is 3.40. The summed E-state index contributed by atoms with van der Waals surface area (Å²) in [5.74, 6) is 0.200. The van der Waals surface area contributed by atoms with E-state index in [1.54, 1.807) is 4.90 Å². The van der Waals surface area contributed by atoms with E-state index in [2.05, 4.69) is 23.5 Å². The lowest BCUT2D eigenvalue weighted by Gasteiger charge is -2.20. The molecule has 0 aromatic heterocycles. The first kappa shape index (κ1) is 12.1. The molecule has 0 unspecified atom stereocenters. The van der Waals surface area contributed by atoms with Gasteiger partial charge in [0, 0.05) is 27.1 Å². The Hall–Kier alpha value is -1.35. The molecule has 3 heteroatoms. The number of aryl methyl sites for hydroxylation is 1.